The first-order chi connectivity index (χ1) is 12.7. The van der Waals surface area contributed by atoms with Crippen molar-refractivity contribution in [3.05, 3.63) is 65.2 Å². The summed E-state index contributed by atoms with van der Waals surface area (Å²) in [5, 5.41) is 0. The van der Waals surface area contributed by atoms with Gasteiger partial charge in [0.05, 0.1) is 5.92 Å². The lowest BCUT2D eigenvalue weighted by Crippen LogP contribution is -2.34. The number of nitrogens with zero attached hydrogens (tertiary/aromatic N) is 2. The van der Waals surface area contributed by atoms with Crippen LogP contribution in [0, 0.1) is 29.2 Å². The summed E-state index contributed by atoms with van der Waals surface area (Å²) in [6.45, 7) is -0.124. The normalized spacial score (nSPS) is 16.7. The SMILES string of the molecule is CN(Cc1ccc(F)cc1F)C(=O)C1CC(=O)N(c2cc(F)cc(F)c2)C1. The number of carbonyl (C=O) groups excluding carboxylic acids is 2. The van der Waals surface area contributed by atoms with Crippen molar-refractivity contribution < 1.29 is 27.2 Å². The number of hydrogen-bond acceptors (Lipinski definition) is 2. The monoisotopic (exact) mass is 380 g/mol. The highest BCUT2D eigenvalue weighted by Gasteiger charge is 2.36. The number of rotatable bonds is 4. The number of benzene rings is 2. The van der Waals surface area contributed by atoms with E-state index in [0.717, 1.165) is 29.2 Å². The first-order valence-corrected chi connectivity index (χ1v) is 8.20. The van der Waals surface area contributed by atoms with Crippen LogP contribution in [0.5, 0.6) is 0 Å². The average Bonchev–Trinajstić information content (AvgIpc) is 2.97. The van der Waals surface area contributed by atoms with Crippen LogP contribution in [0.1, 0.15) is 12.0 Å². The highest BCUT2D eigenvalue weighted by Crippen LogP contribution is 2.28. The van der Waals surface area contributed by atoms with E-state index in [1.165, 1.54) is 18.0 Å². The fourth-order valence-corrected chi connectivity index (χ4v) is 3.11. The van der Waals surface area contributed by atoms with E-state index in [-0.39, 0.29) is 30.8 Å². The lowest BCUT2D eigenvalue weighted by molar-refractivity contribution is -0.135. The second kappa shape index (κ2) is 7.38. The van der Waals surface area contributed by atoms with Crippen LogP contribution in [0.4, 0.5) is 23.2 Å². The third-order valence-electron chi connectivity index (χ3n) is 4.43. The molecule has 0 radical (unpaired) electrons. The van der Waals surface area contributed by atoms with Crippen LogP contribution in [0.2, 0.25) is 0 Å². The van der Waals surface area contributed by atoms with Gasteiger partial charge in [-0.15, -0.1) is 0 Å². The second-order valence-electron chi connectivity index (χ2n) is 6.46. The van der Waals surface area contributed by atoms with Crippen molar-refractivity contribution in [2.75, 3.05) is 18.5 Å². The third kappa shape index (κ3) is 4.10. The molecule has 2 aromatic carbocycles. The van der Waals surface area contributed by atoms with E-state index in [1.807, 2.05) is 0 Å². The standard InChI is InChI=1S/C19H16F4N2O2/c1-24(9-11-2-3-13(20)8-17(11)23)19(27)12-4-18(26)25(10-12)16-6-14(21)5-15(22)7-16/h2-3,5-8,12H,4,9-10H2,1H3. The smallest absolute Gasteiger partial charge is 0.228 e. The van der Waals surface area contributed by atoms with Crippen molar-refractivity contribution in [3.63, 3.8) is 0 Å². The van der Waals surface area contributed by atoms with Crippen molar-refractivity contribution in [2.45, 2.75) is 13.0 Å². The van der Waals surface area contributed by atoms with Gasteiger partial charge in [0.15, 0.2) is 0 Å². The summed E-state index contributed by atoms with van der Waals surface area (Å²) >= 11 is 0. The van der Waals surface area contributed by atoms with Gasteiger partial charge in [-0.2, -0.15) is 0 Å². The van der Waals surface area contributed by atoms with E-state index < -0.39 is 41.0 Å². The molecular weight excluding hydrogens is 364 g/mol. The lowest BCUT2D eigenvalue weighted by atomic mass is 10.1. The molecule has 4 nitrogen and oxygen atoms in total. The van der Waals surface area contributed by atoms with Crippen molar-refractivity contribution in [2.24, 2.45) is 5.92 Å². The molecule has 1 fully saturated rings. The van der Waals surface area contributed by atoms with Crippen LogP contribution >= 0.6 is 0 Å². The van der Waals surface area contributed by atoms with E-state index >= 15 is 0 Å². The Morgan fingerprint density at radius 1 is 1.07 bits per heavy atom. The summed E-state index contributed by atoms with van der Waals surface area (Å²) in [5.41, 5.74) is 0.181. The van der Waals surface area contributed by atoms with Gasteiger partial charge in [0.2, 0.25) is 11.8 Å². The first-order valence-electron chi connectivity index (χ1n) is 8.20. The minimum absolute atomic E-state index is 0.0310. The topological polar surface area (TPSA) is 40.6 Å². The van der Waals surface area contributed by atoms with E-state index in [2.05, 4.69) is 0 Å². The Bertz CT molecular complexity index is 883. The van der Waals surface area contributed by atoms with Crippen molar-refractivity contribution in [1.29, 1.82) is 0 Å². The molecule has 1 saturated heterocycles. The molecule has 1 aliphatic rings. The fourth-order valence-electron chi connectivity index (χ4n) is 3.11. The molecule has 0 saturated carbocycles. The van der Waals surface area contributed by atoms with Crippen molar-refractivity contribution in [3.8, 4) is 0 Å². The van der Waals surface area contributed by atoms with Gasteiger partial charge in [0, 0.05) is 49.9 Å². The molecule has 8 heteroatoms. The molecule has 1 atom stereocenters. The van der Waals surface area contributed by atoms with Gasteiger partial charge in [-0.3, -0.25) is 9.59 Å². The number of carbonyl (C=O) groups is 2. The maximum atomic E-state index is 13.8. The predicted octanol–water partition coefficient (Wildman–Crippen LogP) is 3.25. The van der Waals surface area contributed by atoms with Crippen LogP contribution in [-0.2, 0) is 16.1 Å². The summed E-state index contributed by atoms with van der Waals surface area (Å²) in [6.07, 6.45) is -0.118. The molecule has 142 valence electrons. The van der Waals surface area contributed by atoms with Gasteiger partial charge in [0.1, 0.15) is 23.3 Å². The minimum atomic E-state index is -0.823. The average molecular weight is 380 g/mol. The predicted molar refractivity (Wildman–Crippen MR) is 89.7 cm³/mol. The van der Waals surface area contributed by atoms with Crippen LogP contribution < -0.4 is 4.90 Å². The molecule has 0 aromatic heterocycles. The molecule has 2 aromatic rings. The van der Waals surface area contributed by atoms with Crippen LogP contribution in [0.3, 0.4) is 0 Å². The summed E-state index contributed by atoms with van der Waals surface area (Å²) in [6, 6.07) is 5.80. The molecular formula is C19H16F4N2O2. The van der Waals surface area contributed by atoms with E-state index in [9.17, 15) is 27.2 Å². The number of hydrogen-bond donors (Lipinski definition) is 0. The molecule has 0 N–H and O–H groups in total. The van der Waals surface area contributed by atoms with E-state index in [0.29, 0.717) is 6.07 Å². The molecule has 1 aliphatic heterocycles. The molecule has 0 bridgehead atoms. The molecule has 2 amide bonds. The zero-order valence-corrected chi connectivity index (χ0v) is 14.4. The number of anilines is 1. The maximum Gasteiger partial charge on any atom is 0.228 e. The van der Waals surface area contributed by atoms with Gasteiger partial charge in [-0.1, -0.05) is 6.07 Å². The largest absolute Gasteiger partial charge is 0.341 e. The van der Waals surface area contributed by atoms with Gasteiger partial charge in [-0.05, 0) is 18.2 Å². The Morgan fingerprint density at radius 2 is 1.74 bits per heavy atom. The van der Waals surface area contributed by atoms with E-state index in [4.69, 9.17) is 0 Å². The van der Waals surface area contributed by atoms with Crippen LogP contribution in [-0.4, -0.2) is 30.3 Å². The Morgan fingerprint density at radius 3 is 2.37 bits per heavy atom. The summed E-state index contributed by atoms with van der Waals surface area (Å²) in [7, 11) is 1.44. The third-order valence-corrected chi connectivity index (χ3v) is 4.43. The summed E-state index contributed by atoms with van der Waals surface area (Å²) in [5.74, 6) is -4.70. The quantitative estimate of drug-likeness (QED) is 0.764. The Hall–Kier alpha value is -2.90. The molecule has 0 aliphatic carbocycles. The Labute approximate surface area is 153 Å². The summed E-state index contributed by atoms with van der Waals surface area (Å²) in [4.78, 5) is 27.2. The molecule has 27 heavy (non-hydrogen) atoms. The van der Waals surface area contributed by atoms with Gasteiger partial charge < -0.3 is 9.80 Å². The molecule has 0 spiro atoms. The zero-order valence-electron chi connectivity index (χ0n) is 14.4. The lowest BCUT2D eigenvalue weighted by Gasteiger charge is -2.22. The van der Waals surface area contributed by atoms with Crippen molar-refractivity contribution in [1.82, 2.24) is 4.90 Å². The Balaban J connectivity index is 1.71. The van der Waals surface area contributed by atoms with Gasteiger partial charge in [0.25, 0.3) is 0 Å². The highest BCUT2D eigenvalue weighted by atomic mass is 19.1. The fraction of sp³-hybridized carbons (Fsp3) is 0.263. The Kier molecular flexibility index (Phi) is 5.16. The van der Waals surface area contributed by atoms with Gasteiger partial charge in [-0.25, -0.2) is 17.6 Å². The highest BCUT2D eigenvalue weighted by molar-refractivity contribution is 6.00. The van der Waals surface area contributed by atoms with Crippen LogP contribution in [0.25, 0.3) is 0 Å². The maximum absolute atomic E-state index is 13.8. The first kappa shape index (κ1) is 18.9. The zero-order chi connectivity index (χ0) is 19.7. The number of amides is 2. The molecule has 1 heterocycles. The minimum Gasteiger partial charge on any atom is -0.341 e. The number of halogens is 4. The van der Waals surface area contributed by atoms with Crippen molar-refractivity contribution >= 4 is 17.5 Å². The van der Waals surface area contributed by atoms with E-state index in [1.54, 1.807) is 0 Å². The second-order valence-corrected chi connectivity index (χ2v) is 6.46. The van der Waals surface area contributed by atoms with Gasteiger partial charge >= 0.3 is 0 Å². The molecule has 1 unspecified atom stereocenters. The summed E-state index contributed by atoms with van der Waals surface area (Å²) < 4.78 is 53.5. The molecule has 3 rings (SSSR count). The van der Waals surface area contributed by atoms with Crippen LogP contribution in [0.15, 0.2) is 36.4 Å².